The largest absolute Gasteiger partial charge is 0.393 e. The standard InChI is InChI=1S/C12H11ClO3/c1-7-3-2-4-9(13)12(7)8-5-10(14)16-11(15)6-8/h2-4,8H,5-6H2,1H3. The third kappa shape index (κ3) is 2.09. The highest BCUT2D eigenvalue weighted by Gasteiger charge is 2.30. The van der Waals surface area contributed by atoms with E-state index in [1.807, 2.05) is 19.1 Å². The van der Waals surface area contributed by atoms with Gasteiger partial charge in [-0.2, -0.15) is 0 Å². The SMILES string of the molecule is Cc1cccc(Cl)c1C1CC(=O)OC(=O)C1. The van der Waals surface area contributed by atoms with Gasteiger partial charge in [0, 0.05) is 10.9 Å². The van der Waals surface area contributed by atoms with Crippen molar-refractivity contribution in [3.63, 3.8) is 0 Å². The number of carbonyl (C=O) groups excluding carboxylic acids is 2. The van der Waals surface area contributed by atoms with Crippen molar-refractivity contribution in [2.45, 2.75) is 25.7 Å². The fourth-order valence-electron chi connectivity index (χ4n) is 2.05. The number of ether oxygens (including phenoxy) is 1. The maximum absolute atomic E-state index is 11.2. The first-order valence-electron chi connectivity index (χ1n) is 5.06. The molecular formula is C12H11ClO3. The number of cyclic esters (lactones) is 2. The average Bonchev–Trinajstić information content (AvgIpc) is 2.15. The Labute approximate surface area is 98.4 Å². The second kappa shape index (κ2) is 4.26. The van der Waals surface area contributed by atoms with Crippen LogP contribution < -0.4 is 0 Å². The second-order valence-corrected chi connectivity index (χ2v) is 4.33. The Bertz CT molecular complexity index is 417. The van der Waals surface area contributed by atoms with E-state index in [1.54, 1.807) is 6.07 Å². The molecule has 1 aliphatic heterocycles. The van der Waals surface area contributed by atoms with Gasteiger partial charge in [0.25, 0.3) is 0 Å². The van der Waals surface area contributed by atoms with Gasteiger partial charge in [-0.15, -0.1) is 0 Å². The van der Waals surface area contributed by atoms with E-state index in [2.05, 4.69) is 4.74 Å². The lowest BCUT2D eigenvalue weighted by Crippen LogP contribution is -2.24. The van der Waals surface area contributed by atoms with E-state index in [0.29, 0.717) is 5.02 Å². The molecular weight excluding hydrogens is 228 g/mol. The lowest BCUT2D eigenvalue weighted by Gasteiger charge is -2.22. The summed E-state index contributed by atoms with van der Waals surface area (Å²) in [5, 5.41) is 0.604. The van der Waals surface area contributed by atoms with Crippen LogP contribution in [0, 0.1) is 6.92 Å². The first kappa shape index (κ1) is 11.1. The van der Waals surface area contributed by atoms with E-state index in [9.17, 15) is 9.59 Å². The molecule has 0 amide bonds. The number of rotatable bonds is 1. The van der Waals surface area contributed by atoms with Gasteiger partial charge in [0.15, 0.2) is 0 Å². The molecule has 0 bridgehead atoms. The van der Waals surface area contributed by atoms with Crippen molar-refractivity contribution >= 4 is 23.5 Å². The van der Waals surface area contributed by atoms with Gasteiger partial charge in [0.2, 0.25) is 0 Å². The molecule has 1 fully saturated rings. The Balaban J connectivity index is 2.36. The molecule has 0 atom stereocenters. The van der Waals surface area contributed by atoms with Crippen molar-refractivity contribution in [3.05, 3.63) is 34.3 Å². The van der Waals surface area contributed by atoms with Gasteiger partial charge >= 0.3 is 11.9 Å². The van der Waals surface area contributed by atoms with Crippen LogP contribution in [0.15, 0.2) is 18.2 Å². The zero-order valence-electron chi connectivity index (χ0n) is 8.83. The van der Waals surface area contributed by atoms with Gasteiger partial charge in [-0.3, -0.25) is 9.59 Å². The summed E-state index contributed by atoms with van der Waals surface area (Å²) in [6.07, 6.45) is 0.437. The van der Waals surface area contributed by atoms with Crippen LogP contribution in [0.2, 0.25) is 5.02 Å². The van der Waals surface area contributed by atoms with Gasteiger partial charge in [0.1, 0.15) is 0 Å². The van der Waals surface area contributed by atoms with E-state index in [1.165, 1.54) is 0 Å². The van der Waals surface area contributed by atoms with E-state index < -0.39 is 11.9 Å². The van der Waals surface area contributed by atoms with Gasteiger partial charge < -0.3 is 4.74 Å². The van der Waals surface area contributed by atoms with Crippen molar-refractivity contribution < 1.29 is 14.3 Å². The molecule has 16 heavy (non-hydrogen) atoms. The molecule has 0 saturated carbocycles. The van der Waals surface area contributed by atoms with Crippen molar-refractivity contribution in [1.82, 2.24) is 0 Å². The van der Waals surface area contributed by atoms with Crippen LogP contribution in [0.4, 0.5) is 0 Å². The van der Waals surface area contributed by atoms with Gasteiger partial charge in [-0.1, -0.05) is 23.7 Å². The van der Waals surface area contributed by atoms with E-state index >= 15 is 0 Å². The predicted molar refractivity (Wildman–Crippen MR) is 59.3 cm³/mol. The molecule has 4 heteroatoms. The van der Waals surface area contributed by atoms with Crippen molar-refractivity contribution in [2.75, 3.05) is 0 Å². The van der Waals surface area contributed by atoms with Crippen LogP contribution in [-0.2, 0) is 14.3 Å². The fraction of sp³-hybridized carbons (Fsp3) is 0.333. The van der Waals surface area contributed by atoms with Crippen molar-refractivity contribution in [1.29, 1.82) is 0 Å². The molecule has 1 aromatic rings. The van der Waals surface area contributed by atoms with E-state index in [4.69, 9.17) is 11.6 Å². The highest BCUT2D eigenvalue weighted by Crippen LogP contribution is 2.35. The molecule has 2 rings (SSSR count). The molecule has 0 spiro atoms. The Morgan fingerprint density at radius 3 is 2.44 bits per heavy atom. The molecule has 0 aromatic heterocycles. The van der Waals surface area contributed by atoms with Gasteiger partial charge in [0.05, 0.1) is 12.8 Å². The normalized spacial score (nSPS) is 17.4. The number of hydrogen-bond acceptors (Lipinski definition) is 3. The maximum Gasteiger partial charge on any atom is 0.314 e. The molecule has 84 valence electrons. The van der Waals surface area contributed by atoms with E-state index in [-0.39, 0.29) is 18.8 Å². The summed E-state index contributed by atoms with van der Waals surface area (Å²) in [5.74, 6) is -1.09. The van der Waals surface area contributed by atoms with Crippen LogP contribution in [-0.4, -0.2) is 11.9 Å². The Hall–Kier alpha value is -1.35. The minimum atomic E-state index is -0.472. The lowest BCUT2D eigenvalue weighted by molar-refractivity contribution is -0.163. The predicted octanol–water partition coefficient (Wildman–Crippen LogP) is 2.60. The van der Waals surface area contributed by atoms with E-state index in [0.717, 1.165) is 11.1 Å². The lowest BCUT2D eigenvalue weighted by atomic mass is 9.88. The number of esters is 2. The first-order valence-corrected chi connectivity index (χ1v) is 5.44. The van der Waals surface area contributed by atoms with Crippen LogP contribution in [0.5, 0.6) is 0 Å². The zero-order valence-corrected chi connectivity index (χ0v) is 9.58. The minimum Gasteiger partial charge on any atom is -0.393 e. The highest BCUT2D eigenvalue weighted by atomic mass is 35.5. The van der Waals surface area contributed by atoms with Crippen LogP contribution in [0.25, 0.3) is 0 Å². The summed E-state index contributed by atoms with van der Waals surface area (Å²) in [6, 6.07) is 5.55. The summed E-state index contributed by atoms with van der Waals surface area (Å²) in [6.45, 7) is 1.92. The summed E-state index contributed by atoms with van der Waals surface area (Å²) in [4.78, 5) is 22.4. The zero-order chi connectivity index (χ0) is 11.7. The molecule has 3 nitrogen and oxygen atoms in total. The quantitative estimate of drug-likeness (QED) is 0.558. The summed E-state index contributed by atoms with van der Waals surface area (Å²) in [5.41, 5.74) is 1.88. The summed E-state index contributed by atoms with van der Waals surface area (Å²) >= 11 is 6.09. The Morgan fingerprint density at radius 1 is 1.25 bits per heavy atom. The molecule has 1 saturated heterocycles. The third-order valence-corrected chi connectivity index (χ3v) is 3.06. The number of halogens is 1. The summed E-state index contributed by atoms with van der Waals surface area (Å²) < 4.78 is 4.50. The molecule has 1 heterocycles. The molecule has 1 aromatic carbocycles. The molecule has 0 N–H and O–H groups in total. The topological polar surface area (TPSA) is 43.4 Å². The fourth-order valence-corrected chi connectivity index (χ4v) is 2.43. The molecule has 0 aliphatic carbocycles. The molecule has 0 unspecified atom stereocenters. The third-order valence-electron chi connectivity index (χ3n) is 2.73. The van der Waals surface area contributed by atoms with Crippen LogP contribution >= 0.6 is 11.6 Å². The number of benzene rings is 1. The van der Waals surface area contributed by atoms with Crippen molar-refractivity contribution in [2.24, 2.45) is 0 Å². The van der Waals surface area contributed by atoms with Gasteiger partial charge in [-0.25, -0.2) is 0 Å². The second-order valence-electron chi connectivity index (χ2n) is 3.92. The number of carbonyl (C=O) groups is 2. The summed E-state index contributed by atoms with van der Waals surface area (Å²) in [7, 11) is 0. The maximum atomic E-state index is 11.2. The monoisotopic (exact) mass is 238 g/mol. The minimum absolute atomic E-state index is 0.151. The van der Waals surface area contributed by atoms with Crippen LogP contribution in [0.1, 0.15) is 29.9 Å². The molecule has 0 radical (unpaired) electrons. The Morgan fingerprint density at radius 2 is 1.88 bits per heavy atom. The van der Waals surface area contributed by atoms with Crippen molar-refractivity contribution in [3.8, 4) is 0 Å². The smallest absolute Gasteiger partial charge is 0.314 e. The number of aryl methyl sites for hydroxylation is 1. The Kier molecular flexibility index (Phi) is 2.97. The average molecular weight is 239 g/mol. The first-order chi connectivity index (χ1) is 7.58. The number of hydrogen-bond donors (Lipinski definition) is 0. The van der Waals surface area contributed by atoms with Gasteiger partial charge in [-0.05, 0) is 24.1 Å². The highest BCUT2D eigenvalue weighted by molar-refractivity contribution is 6.31. The molecule has 1 aliphatic rings. The van der Waals surface area contributed by atoms with Crippen LogP contribution in [0.3, 0.4) is 0 Å².